The van der Waals surface area contributed by atoms with Crippen LogP contribution >= 0.6 is 34.5 Å². The van der Waals surface area contributed by atoms with Crippen LogP contribution in [0.15, 0.2) is 12.3 Å². The Labute approximate surface area is 117 Å². The van der Waals surface area contributed by atoms with Gasteiger partial charge in [-0.1, -0.05) is 23.2 Å². The number of carbonyl (C=O) groups is 1. The van der Waals surface area contributed by atoms with Gasteiger partial charge in [0.15, 0.2) is 10.3 Å². The molecule has 0 saturated carbocycles. The summed E-state index contributed by atoms with van der Waals surface area (Å²) in [5, 5.41) is 10.8. The minimum Gasteiger partial charge on any atom is -0.345 e. The van der Waals surface area contributed by atoms with Crippen molar-refractivity contribution in [3.63, 3.8) is 0 Å². The zero-order chi connectivity index (χ0) is 13.1. The predicted octanol–water partition coefficient (Wildman–Crippen LogP) is 2.48. The Morgan fingerprint density at radius 2 is 2.22 bits per heavy atom. The van der Waals surface area contributed by atoms with Gasteiger partial charge in [0.2, 0.25) is 0 Å². The fraction of sp³-hybridized carbons (Fsp3) is 0.200. The molecule has 0 aliphatic rings. The molecule has 1 amide bonds. The van der Waals surface area contributed by atoms with E-state index < -0.39 is 0 Å². The molecule has 5 nitrogen and oxygen atoms in total. The van der Waals surface area contributed by atoms with Crippen LogP contribution in [0.4, 0.5) is 0 Å². The summed E-state index contributed by atoms with van der Waals surface area (Å²) in [5.74, 6) is -0.357. The van der Waals surface area contributed by atoms with Gasteiger partial charge in [0, 0.05) is 11.1 Å². The maximum absolute atomic E-state index is 11.9. The van der Waals surface area contributed by atoms with E-state index in [0.29, 0.717) is 6.54 Å². The normalized spacial score (nSPS) is 10.4. The number of rotatable bonds is 3. The van der Waals surface area contributed by atoms with Gasteiger partial charge in [-0.25, -0.2) is 4.98 Å². The summed E-state index contributed by atoms with van der Waals surface area (Å²) in [6, 6.07) is 1.37. The lowest BCUT2D eigenvalue weighted by atomic mass is 10.3. The van der Waals surface area contributed by atoms with Crippen LogP contribution in [-0.2, 0) is 6.54 Å². The zero-order valence-electron chi connectivity index (χ0n) is 9.28. The van der Waals surface area contributed by atoms with Gasteiger partial charge in [-0.15, -0.1) is 21.5 Å². The number of aryl methyl sites for hydroxylation is 1. The van der Waals surface area contributed by atoms with Crippen LogP contribution in [0.5, 0.6) is 0 Å². The van der Waals surface area contributed by atoms with E-state index in [4.69, 9.17) is 23.2 Å². The Morgan fingerprint density at radius 1 is 1.44 bits per heavy atom. The molecular formula is C10H8Cl2N4OS. The molecule has 0 radical (unpaired) electrons. The average molecular weight is 303 g/mol. The number of nitrogens with zero attached hydrogens (tertiary/aromatic N) is 3. The number of hydrogen-bond donors (Lipinski definition) is 1. The minimum absolute atomic E-state index is 0.0206. The molecule has 0 aliphatic heterocycles. The predicted molar refractivity (Wildman–Crippen MR) is 70.1 cm³/mol. The van der Waals surface area contributed by atoms with Crippen molar-refractivity contribution in [1.29, 1.82) is 0 Å². The van der Waals surface area contributed by atoms with Crippen molar-refractivity contribution in [2.75, 3.05) is 0 Å². The molecule has 0 unspecified atom stereocenters. The molecule has 2 aromatic heterocycles. The molecule has 0 fully saturated rings. The largest absolute Gasteiger partial charge is 0.345 e. The van der Waals surface area contributed by atoms with E-state index in [2.05, 4.69) is 20.5 Å². The highest BCUT2D eigenvalue weighted by molar-refractivity contribution is 7.11. The summed E-state index contributed by atoms with van der Waals surface area (Å²) >= 11 is 12.9. The lowest BCUT2D eigenvalue weighted by molar-refractivity contribution is 0.0950. The van der Waals surface area contributed by atoms with E-state index in [1.807, 2.05) is 6.92 Å². The molecule has 18 heavy (non-hydrogen) atoms. The van der Waals surface area contributed by atoms with Crippen molar-refractivity contribution < 1.29 is 4.79 Å². The highest BCUT2D eigenvalue weighted by Crippen LogP contribution is 2.16. The minimum atomic E-state index is -0.357. The van der Waals surface area contributed by atoms with E-state index in [0.717, 1.165) is 9.88 Å². The second-order valence-electron chi connectivity index (χ2n) is 3.42. The first kappa shape index (κ1) is 13.2. The maximum atomic E-state index is 11.9. The third-order valence-corrected chi connectivity index (χ3v) is 3.41. The van der Waals surface area contributed by atoms with E-state index in [-0.39, 0.29) is 21.8 Å². The number of hydrogen-bond acceptors (Lipinski definition) is 5. The Kier molecular flexibility index (Phi) is 4.11. The molecule has 8 heteroatoms. The van der Waals surface area contributed by atoms with Gasteiger partial charge in [-0.3, -0.25) is 4.79 Å². The average Bonchev–Trinajstić information content (AvgIpc) is 2.75. The molecule has 0 spiro atoms. The Hall–Kier alpha value is -1.24. The van der Waals surface area contributed by atoms with Crippen LogP contribution in [0.2, 0.25) is 10.3 Å². The van der Waals surface area contributed by atoms with Crippen LogP contribution in [-0.4, -0.2) is 21.1 Å². The lowest BCUT2D eigenvalue weighted by Crippen LogP contribution is -2.23. The summed E-state index contributed by atoms with van der Waals surface area (Å²) in [4.78, 5) is 17.1. The number of amides is 1. The van der Waals surface area contributed by atoms with Crippen molar-refractivity contribution in [3.8, 4) is 0 Å². The second-order valence-corrected chi connectivity index (χ2v) is 5.48. The highest BCUT2D eigenvalue weighted by Gasteiger charge is 2.13. The molecular weight excluding hydrogens is 295 g/mol. The van der Waals surface area contributed by atoms with Gasteiger partial charge >= 0.3 is 0 Å². The molecule has 0 aromatic carbocycles. The topological polar surface area (TPSA) is 67.8 Å². The molecule has 0 atom stereocenters. The first-order valence-corrected chi connectivity index (χ1v) is 6.51. The Morgan fingerprint density at radius 3 is 2.89 bits per heavy atom. The van der Waals surface area contributed by atoms with E-state index in [1.54, 1.807) is 6.20 Å². The van der Waals surface area contributed by atoms with Gasteiger partial charge in [-0.2, -0.15) is 0 Å². The monoisotopic (exact) mass is 302 g/mol. The van der Waals surface area contributed by atoms with Crippen LogP contribution in [0, 0.1) is 6.92 Å². The molecule has 2 heterocycles. The molecule has 94 valence electrons. The van der Waals surface area contributed by atoms with Crippen molar-refractivity contribution >= 4 is 40.4 Å². The fourth-order valence-corrected chi connectivity index (χ4v) is 2.30. The van der Waals surface area contributed by atoms with E-state index >= 15 is 0 Å². The number of halogens is 2. The number of aromatic nitrogens is 3. The SMILES string of the molecule is Cc1cnc(CNC(=O)c2cc(Cl)nnc2Cl)s1. The smallest absolute Gasteiger partial charge is 0.254 e. The third kappa shape index (κ3) is 3.16. The van der Waals surface area contributed by atoms with Gasteiger partial charge in [-0.05, 0) is 13.0 Å². The van der Waals surface area contributed by atoms with Crippen LogP contribution in [0.3, 0.4) is 0 Å². The van der Waals surface area contributed by atoms with E-state index in [1.165, 1.54) is 17.4 Å². The van der Waals surface area contributed by atoms with Crippen LogP contribution in [0.25, 0.3) is 0 Å². The first-order valence-electron chi connectivity index (χ1n) is 4.94. The molecule has 0 saturated heterocycles. The molecule has 2 aromatic rings. The lowest BCUT2D eigenvalue weighted by Gasteiger charge is -2.04. The summed E-state index contributed by atoms with van der Waals surface area (Å²) in [6.07, 6.45) is 1.75. The quantitative estimate of drug-likeness (QED) is 0.946. The third-order valence-electron chi connectivity index (χ3n) is 2.03. The van der Waals surface area contributed by atoms with Crippen molar-refractivity contribution in [3.05, 3.63) is 38.0 Å². The molecule has 1 N–H and O–H groups in total. The summed E-state index contributed by atoms with van der Waals surface area (Å²) in [5.41, 5.74) is 0.199. The molecule has 2 rings (SSSR count). The van der Waals surface area contributed by atoms with E-state index in [9.17, 15) is 4.79 Å². The number of nitrogens with one attached hydrogen (secondary N) is 1. The van der Waals surface area contributed by atoms with Gasteiger partial charge in [0.1, 0.15) is 5.01 Å². The summed E-state index contributed by atoms with van der Waals surface area (Å²) in [6.45, 7) is 2.29. The van der Waals surface area contributed by atoms with Crippen molar-refractivity contribution in [2.45, 2.75) is 13.5 Å². The van der Waals surface area contributed by atoms with Gasteiger partial charge in [0.05, 0.1) is 12.1 Å². The summed E-state index contributed by atoms with van der Waals surface area (Å²) in [7, 11) is 0. The summed E-state index contributed by atoms with van der Waals surface area (Å²) < 4.78 is 0. The number of thiazole rings is 1. The highest BCUT2D eigenvalue weighted by atomic mass is 35.5. The Bertz CT molecular complexity index is 587. The number of carbonyl (C=O) groups excluding carboxylic acids is 1. The van der Waals surface area contributed by atoms with Crippen molar-refractivity contribution in [2.24, 2.45) is 0 Å². The van der Waals surface area contributed by atoms with Gasteiger partial charge < -0.3 is 5.32 Å². The molecule has 0 aliphatic carbocycles. The fourth-order valence-electron chi connectivity index (χ4n) is 1.25. The van der Waals surface area contributed by atoms with Crippen LogP contribution < -0.4 is 5.32 Å². The zero-order valence-corrected chi connectivity index (χ0v) is 11.6. The second kappa shape index (κ2) is 5.60. The molecule has 0 bridgehead atoms. The Balaban J connectivity index is 2.05. The van der Waals surface area contributed by atoms with Gasteiger partial charge in [0.25, 0.3) is 5.91 Å². The van der Waals surface area contributed by atoms with Crippen LogP contribution in [0.1, 0.15) is 20.2 Å². The van der Waals surface area contributed by atoms with Crippen molar-refractivity contribution in [1.82, 2.24) is 20.5 Å². The maximum Gasteiger partial charge on any atom is 0.254 e. The first-order chi connectivity index (χ1) is 8.56. The standard InChI is InChI=1S/C10H8Cl2N4OS/c1-5-3-13-8(18-5)4-14-10(17)6-2-7(11)15-16-9(6)12/h2-3H,4H2,1H3,(H,14,17).